The summed E-state index contributed by atoms with van der Waals surface area (Å²) in [5, 5.41) is 2.98. The van der Waals surface area contributed by atoms with Gasteiger partial charge >= 0.3 is 0 Å². The van der Waals surface area contributed by atoms with Crippen LogP contribution in [0.25, 0.3) is 0 Å². The van der Waals surface area contributed by atoms with Crippen molar-refractivity contribution in [3.05, 3.63) is 48.7 Å². The number of carbonyl (C=O) groups is 1. The molecule has 1 amide bonds. The summed E-state index contributed by atoms with van der Waals surface area (Å²) in [5.74, 6) is 0.595. The molecule has 8 heteroatoms. The van der Waals surface area contributed by atoms with E-state index in [1.165, 1.54) is 6.20 Å². The van der Waals surface area contributed by atoms with Crippen LogP contribution in [-0.4, -0.2) is 49.8 Å². The third kappa shape index (κ3) is 4.65. The summed E-state index contributed by atoms with van der Waals surface area (Å²) in [6.07, 6.45) is 6.07. The summed E-state index contributed by atoms with van der Waals surface area (Å²) < 4.78 is 27.2. The summed E-state index contributed by atoms with van der Waals surface area (Å²) in [6, 6.07) is 12.9. The Kier molecular flexibility index (Phi) is 6.34. The van der Waals surface area contributed by atoms with Gasteiger partial charge in [-0.05, 0) is 49.9 Å². The van der Waals surface area contributed by atoms with Crippen molar-refractivity contribution in [2.24, 2.45) is 5.92 Å². The molecule has 1 N–H and O–H groups in total. The number of sulfonamides is 1. The molecule has 160 valence electrons. The predicted molar refractivity (Wildman–Crippen MR) is 117 cm³/mol. The van der Waals surface area contributed by atoms with Crippen LogP contribution in [0.5, 0.6) is 0 Å². The summed E-state index contributed by atoms with van der Waals surface area (Å²) in [6.45, 7) is 2.53. The average Bonchev–Trinajstić information content (AvgIpc) is 2.80. The minimum atomic E-state index is -3.48. The van der Waals surface area contributed by atoms with E-state index in [-0.39, 0.29) is 16.7 Å². The molecule has 2 saturated heterocycles. The molecule has 30 heavy (non-hydrogen) atoms. The molecule has 0 unspecified atom stereocenters. The maximum Gasteiger partial charge on any atom is 0.244 e. The van der Waals surface area contributed by atoms with Gasteiger partial charge in [-0.1, -0.05) is 24.6 Å². The maximum atomic E-state index is 12.8. The van der Waals surface area contributed by atoms with Gasteiger partial charge in [0.05, 0.1) is 5.92 Å². The van der Waals surface area contributed by atoms with E-state index >= 15 is 0 Å². The highest BCUT2D eigenvalue weighted by Gasteiger charge is 2.28. The highest BCUT2D eigenvalue weighted by Crippen LogP contribution is 2.25. The largest absolute Gasteiger partial charge is 0.356 e. The number of amides is 1. The van der Waals surface area contributed by atoms with Crippen molar-refractivity contribution in [1.82, 2.24) is 9.29 Å². The number of anilines is 2. The van der Waals surface area contributed by atoms with Crippen molar-refractivity contribution in [2.75, 3.05) is 36.4 Å². The summed E-state index contributed by atoms with van der Waals surface area (Å²) in [7, 11) is -3.48. The highest BCUT2D eigenvalue weighted by molar-refractivity contribution is 7.89. The van der Waals surface area contributed by atoms with Gasteiger partial charge in [0.1, 0.15) is 10.7 Å². The van der Waals surface area contributed by atoms with Crippen molar-refractivity contribution in [3.8, 4) is 0 Å². The van der Waals surface area contributed by atoms with Crippen LogP contribution in [0, 0.1) is 5.92 Å². The van der Waals surface area contributed by atoms with Crippen molar-refractivity contribution < 1.29 is 13.2 Å². The zero-order valence-electron chi connectivity index (χ0n) is 17.0. The Bertz CT molecular complexity index is 958. The fourth-order valence-electron chi connectivity index (χ4n) is 4.13. The Morgan fingerprint density at radius 2 is 1.73 bits per heavy atom. The number of aromatic nitrogens is 1. The predicted octanol–water partition coefficient (Wildman–Crippen LogP) is 3.11. The Hall–Kier alpha value is -2.45. The smallest absolute Gasteiger partial charge is 0.244 e. The van der Waals surface area contributed by atoms with Crippen LogP contribution in [0.15, 0.2) is 53.6 Å². The van der Waals surface area contributed by atoms with Crippen molar-refractivity contribution in [3.63, 3.8) is 0 Å². The summed E-state index contributed by atoms with van der Waals surface area (Å²) >= 11 is 0. The molecule has 0 aliphatic carbocycles. The lowest BCUT2D eigenvalue weighted by molar-refractivity contribution is -0.120. The van der Waals surface area contributed by atoms with E-state index in [1.54, 1.807) is 16.4 Å². The SMILES string of the molecule is O=C(Nc1ccccc1)[C@@H]1CCCN(c2ccc(S(=O)(=O)N3CCCCC3)cn2)C1. The van der Waals surface area contributed by atoms with E-state index in [4.69, 9.17) is 0 Å². The highest BCUT2D eigenvalue weighted by atomic mass is 32.2. The van der Waals surface area contributed by atoms with E-state index < -0.39 is 10.0 Å². The molecule has 1 aromatic heterocycles. The standard InChI is InChI=1S/C22H28N4O3S/c27-22(24-19-9-3-1-4-10-19)18-8-7-13-25(17-18)21-12-11-20(16-23-21)30(28,29)26-14-5-2-6-15-26/h1,3-4,9-12,16,18H,2,5-8,13-15,17H2,(H,24,27)/t18-/m1/s1. The molecule has 0 spiro atoms. The molecule has 3 heterocycles. The molecule has 1 atom stereocenters. The maximum absolute atomic E-state index is 12.8. The fourth-order valence-corrected chi connectivity index (χ4v) is 5.59. The van der Waals surface area contributed by atoms with E-state index in [1.807, 2.05) is 30.3 Å². The first kappa shape index (κ1) is 20.8. The molecule has 7 nitrogen and oxygen atoms in total. The molecule has 0 radical (unpaired) electrons. The van der Waals surface area contributed by atoms with Crippen molar-refractivity contribution in [1.29, 1.82) is 0 Å². The second-order valence-corrected chi connectivity index (χ2v) is 9.90. The molecular formula is C22H28N4O3S. The van der Waals surface area contributed by atoms with Crippen LogP contribution in [0.1, 0.15) is 32.1 Å². The van der Waals surface area contributed by atoms with Crippen LogP contribution >= 0.6 is 0 Å². The van der Waals surface area contributed by atoms with Gasteiger partial charge in [0, 0.05) is 38.1 Å². The van der Waals surface area contributed by atoms with Gasteiger partial charge in [0.2, 0.25) is 15.9 Å². The van der Waals surface area contributed by atoms with E-state index in [0.717, 1.165) is 44.3 Å². The lowest BCUT2D eigenvalue weighted by Gasteiger charge is -2.33. The normalized spacial score (nSPS) is 20.7. The van der Waals surface area contributed by atoms with Crippen LogP contribution in [-0.2, 0) is 14.8 Å². The molecule has 2 aliphatic rings. The van der Waals surface area contributed by atoms with E-state index in [9.17, 15) is 13.2 Å². The quantitative estimate of drug-likeness (QED) is 0.791. The first-order valence-corrected chi connectivity index (χ1v) is 12.0. The van der Waals surface area contributed by atoms with Crippen LogP contribution in [0.3, 0.4) is 0 Å². The minimum Gasteiger partial charge on any atom is -0.356 e. The van der Waals surface area contributed by atoms with Crippen LogP contribution < -0.4 is 10.2 Å². The molecule has 1 aromatic carbocycles. The number of pyridine rings is 1. The molecule has 4 rings (SSSR count). The fraction of sp³-hybridized carbons (Fsp3) is 0.455. The molecule has 0 bridgehead atoms. The third-order valence-electron chi connectivity index (χ3n) is 5.83. The first-order chi connectivity index (χ1) is 14.5. The Morgan fingerprint density at radius 3 is 2.43 bits per heavy atom. The van der Waals surface area contributed by atoms with Gasteiger partial charge in [-0.15, -0.1) is 0 Å². The van der Waals surface area contributed by atoms with E-state index in [0.29, 0.717) is 25.5 Å². The van der Waals surface area contributed by atoms with Crippen LogP contribution in [0.4, 0.5) is 11.5 Å². The molecule has 2 fully saturated rings. The van der Waals surface area contributed by atoms with Gasteiger partial charge in [0.15, 0.2) is 0 Å². The number of para-hydroxylation sites is 1. The Morgan fingerprint density at radius 1 is 0.967 bits per heavy atom. The number of nitrogens with zero attached hydrogens (tertiary/aromatic N) is 3. The number of nitrogens with one attached hydrogen (secondary N) is 1. The number of piperidine rings is 2. The van der Waals surface area contributed by atoms with Gasteiger partial charge in [0.25, 0.3) is 0 Å². The Labute approximate surface area is 178 Å². The minimum absolute atomic E-state index is 0.00944. The summed E-state index contributed by atoms with van der Waals surface area (Å²) in [5.41, 5.74) is 0.796. The molecule has 2 aliphatic heterocycles. The topological polar surface area (TPSA) is 82.6 Å². The number of rotatable bonds is 5. The monoisotopic (exact) mass is 428 g/mol. The zero-order chi connectivity index (χ0) is 21.0. The van der Waals surface area contributed by atoms with Gasteiger partial charge in [-0.3, -0.25) is 4.79 Å². The number of benzene rings is 1. The molecule has 0 saturated carbocycles. The number of hydrogen-bond donors (Lipinski definition) is 1. The zero-order valence-corrected chi connectivity index (χ0v) is 17.9. The first-order valence-electron chi connectivity index (χ1n) is 10.6. The second-order valence-electron chi connectivity index (χ2n) is 7.96. The van der Waals surface area contributed by atoms with Gasteiger partial charge < -0.3 is 10.2 Å². The summed E-state index contributed by atoms with van der Waals surface area (Å²) in [4.78, 5) is 19.4. The molecular weight excluding hydrogens is 400 g/mol. The number of hydrogen-bond acceptors (Lipinski definition) is 5. The van der Waals surface area contributed by atoms with Crippen molar-refractivity contribution in [2.45, 2.75) is 37.0 Å². The van der Waals surface area contributed by atoms with Crippen molar-refractivity contribution >= 4 is 27.4 Å². The van der Waals surface area contributed by atoms with Gasteiger partial charge in [-0.2, -0.15) is 4.31 Å². The van der Waals surface area contributed by atoms with Gasteiger partial charge in [-0.25, -0.2) is 13.4 Å². The molecule has 2 aromatic rings. The van der Waals surface area contributed by atoms with Crippen LogP contribution in [0.2, 0.25) is 0 Å². The lowest BCUT2D eigenvalue weighted by atomic mass is 9.97. The average molecular weight is 429 g/mol. The Balaban J connectivity index is 1.42. The lowest BCUT2D eigenvalue weighted by Crippen LogP contribution is -2.41. The second kappa shape index (κ2) is 9.14. The third-order valence-corrected chi connectivity index (χ3v) is 7.71. The number of carbonyl (C=O) groups excluding carboxylic acids is 1. The van der Waals surface area contributed by atoms with E-state index in [2.05, 4.69) is 15.2 Å².